The molecular formula is C36H64O. The van der Waals surface area contributed by atoms with Gasteiger partial charge in [-0.3, -0.25) is 4.79 Å². The zero-order valence-electron chi connectivity index (χ0n) is 26.2. The van der Waals surface area contributed by atoms with Crippen molar-refractivity contribution in [3.63, 3.8) is 0 Å². The molecule has 37 heavy (non-hydrogen) atoms. The molecule has 1 nitrogen and oxygen atoms in total. The number of carbonyl (C=O) groups excluding carboxylic acids is 1. The van der Waals surface area contributed by atoms with Crippen molar-refractivity contribution in [3.05, 3.63) is 47.6 Å². The minimum absolute atomic E-state index is 0.403. The molecule has 0 radical (unpaired) electrons. The maximum Gasteiger partial charge on any atom is 0.133 e. The van der Waals surface area contributed by atoms with Crippen LogP contribution in [0.2, 0.25) is 0 Å². The molecule has 0 aromatic rings. The maximum atomic E-state index is 12.3. The van der Waals surface area contributed by atoms with Crippen molar-refractivity contribution in [1.29, 1.82) is 0 Å². The van der Waals surface area contributed by atoms with Crippen LogP contribution in [0.1, 0.15) is 158 Å². The number of hydrogen-bond donors (Lipinski definition) is 0. The average Bonchev–Trinajstić information content (AvgIpc) is 2.82. The predicted molar refractivity (Wildman–Crippen MR) is 168 cm³/mol. The summed E-state index contributed by atoms with van der Waals surface area (Å²) in [5.74, 6) is 2.98. The highest BCUT2D eigenvalue weighted by atomic mass is 16.1. The molecule has 0 saturated heterocycles. The summed E-state index contributed by atoms with van der Waals surface area (Å²) in [5, 5.41) is 0. The normalized spacial score (nSPS) is 14.8. The Hall–Kier alpha value is -1.37. The highest BCUT2D eigenvalue weighted by molar-refractivity contribution is 5.78. The van der Waals surface area contributed by atoms with Crippen LogP contribution in [-0.4, -0.2) is 5.78 Å². The molecular weight excluding hydrogens is 448 g/mol. The lowest BCUT2D eigenvalue weighted by atomic mass is 9.91. The summed E-state index contributed by atoms with van der Waals surface area (Å²) in [5.41, 5.74) is 4.32. The number of ketones is 1. The first kappa shape index (κ1) is 35.6. The fourth-order valence-electron chi connectivity index (χ4n) is 4.97. The van der Waals surface area contributed by atoms with Crippen LogP contribution in [0.4, 0.5) is 0 Å². The van der Waals surface area contributed by atoms with Crippen molar-refractivity contribution >= 4 is 5.78 Å². The summed E-state index contributed by atoms with van der Waals surface area (Å²) in [6.45, 7) is 20.0. The molecule has 0 heterocycles. The van der Waals surface area contributed by atoms with Crippen LogP contribution in [0.3, 0.4) is 0 Å². The Bertz CT molecular complexity index is 675. The lowest BCUT2D eigenvalue weighted by Gasteiger charge is -2.15. The van der Waals surface area contributed by atoms with E-state index in [1.54, 1.807) is 0 Å². The molecule has 0 aliphatic heterocycles. The Morgan fingerprint density at radius 2 is 0.973 bits per heavy atom. The summed E-state index contributed by atoms with van der Waals surface area (Å²) in [7, 11) is 0. The molecule has 0 aliphatic rings. The van der Waals surface area contributed by atoms with Crippen LogP contribution >= 0.6 is 0 Å². The van der Waals surface area contributed by atoms with Crippen LogP contribution in [0.25, 0.3) is 0 Å². The van der Waals surface area contributed by atoms with Crippen molar-refractivity contribution in [1.82, 2.24) is 0 Å². The summed E-state index contributed by atoms with van der Waals surface area (Å²) in [4.78, 5) is 12.3. The summed E-state index contributed by atoms with van der Waals surface area (Å²) < 4.78 is 0. The molecule has 0 saturated carbocycles. The SMILES string of the molecule is C=CCC/C(C)=C/CC/C(C)=C/CCC(=O)CC/C=C(\C)CCCC(C)CCCC(C)CCCC(C)C. The van der Waals surface area contributed by atoms with Gasteiger partial charge in [-0.05, 0) is 89.9 Å². The Morgan fingerprint density at radius 1 is 0.568 bits per heavy atom. The third kappa shape index (κ3) is 24.7. The van der Waals surface area contributed by atoms with Gasteiger partial charge < -0.3 is 0 Å². The topological polar surface area (TPSA) is 17.1 Å². The van der Waals surface area contributed by atoms with E-state index in [9.17, 15) is 4.79 Å². The second kappa shape index (κ2) is 23.7. The third-order valence-corrected chi connectivity index (χ3v) is 7.75. The van der Waals surface area contributed by atoms with Gasteiger partial charge in [-0.1, -0.05) is 114 Å². The Labute approximate surface area is 233 Å². The second-order valence-electron chi connectivity index (χ2n) is 12.5. The van der Waals surface area contributed by atoms with Crippen LogP contribution in [0, 0.1) is 17.8 Å². The van der Waals surface area contributed by atoms with E-state index in [4.69, 9.17) is 0 Å². The average molecular weight is 513 g/mol. The number of allylic oxidation sites excluding steroid dienone is 7. The molecule has 0 spiro atoms. The van der Waals surface area contributed by atoms with E-state index in [0.29, 0.717) is 18.6 Å². The first-order valence-electron chi connectivity index (χ1n) is 15.7. The van der Waals surface area contributed by atoms with Gasteiger partial charge in [0.15, 0.2) is 0 Å². The van der Waals surface area contributed by atoms with Crippen molar-refractivity contribution in [2.75, 3.05) is 0 Å². The molecule has 1 heteroatoms. The smallest absolute Gasteiger partial charge is 0.133 e. The number of rotatable bonds is 24. The fourth-order valence-corrected chi connectivity index (χ4v) is 4.97. The van der Waals surface area contributed by atoms with Crippen LogP contribution in [0.5, 0.6) is 0 Å². The van der Waals surface area contributed by atoms with E-state index in [0.717, 1.165) is 56.3 Å². The molecule has 0 bridgehead atoms. The standard InChI is InChI=1S/C36H64O/c1-9-10-18-31(4)20-12-24-34(7)26-15-28-36(37)29-16-27-35(8)25-14-23-33(6)22-13-21-32(5)19-11-17-30(2)3/h9,20,26-27,30,32-33H,1,10-19,21-25,28-29H2,2-8H3/b31-20+,34-26+,35-27+. The zero-order valence-corrected chi connectivity index (χ0v) is 26.2. The van der Waals surface area contributed by atoms with Gasteiger partial charge >= 0.3 is 0 Å². The van der Waals surface area contributed by atoms with Gasteiger partial charge in [-0.25, -0.2) is 0 Å². The minimum Gasteiger partial charge on any atom is -0.300 e. The van der Waals surface area contributed by atoms with E-state index < -0.39 is 0 Å². The van der Waals surface area contributed by atoms with Gasteiger partial charge in [-0.2, -0.15) is 0 Å². The second-order valence-corrected chi connectivity index (χ2v) is 12.5. The van der Waals surface area contributed by atoms with E-state index in [1.165, 1.54) is 74.5 Å². The summed E-state index contributed by atoms with van der Waals surface area (Å²) >= 11 is 0. The quantitative estimate of drug-likeness (QED) is 0.117. The molecule has 0 rings (SSSR count). The number of hydrogen-bond acceptors (Lipinski definition) is 1. The number of Topliss-reactive ketones (excluding diaryl/α,β-unsaturated/α-hetero) is 1. The van der Waals surface area contributed by atoms with Crippen LogP contribution < -0.4 is 0 Å². The molecule has 0 N–H and O–H groups in total. The highest BCUT2D eigenvalue weighted by Gasteiger charge is 2.07. The minimum atomic E-state index is 0.403. The van der Waals surface area contributed by atoms with Gasteiger partial charge in [0.05, 0.1) is 0 Å². The fraction of sp³-hybridized carbons (Fsp3) is 0.750. The van der Waals surface area contributed by atoms with Gasteiger partial charge in [0.25, 0.3) is 0 Å². The molecule has 0 amide bonds. The molecule has 0 aromatic carbocycles. The molecule has 0 aromatic heterocycles. The molecule has 214 valence electrons. The molecule has 0 fully saturated rings. The monoisotopic (exact) mass is 512 g/mol. The molecule has 0 aliphatic carbocycles. The van der Waals surface area contributed by atoms with Crippen LogP contribution in [0.15, 0.2) is 47.6 Å². The van der Waals surface area contributed by atoms with Gasteiger partial charge in [0, 0.05) is 12.8 Å². The van der Waals surface area contributed by atoms with Crippen molar-refractivity contribution < 1.29 is 4.79 Å². The number of carbonyl (C=O) groups is 1. The zero-order chi connectivity index (χ0) is 27.9. The molecule has 2 atom stereocenters. The van der Waals surface area contributed by atoms with E-state index >= 15 is 0 Å². The maximum absolute atomic E-state index is 12.3. The third-order valence-electron chi connectivity index (χ3n) is 7.75. The van der Waals surface area contributed by atoms with Gasteiger partial charge in [0.2, 0.25) is 0 Å². The van der Waals surface area contributed by atoms with Gasteiger partial charge in [-0.15, -0.1) is 6.58 Å². The Morgan fingerprint density at radius 3 is 1.46 bits per heavy atom. The van der Waals surface area contributed by atoms with E-state index in [2.05, 4.69) is 73.3 Å². The first-order chi connectivity index (χ1) is 17.6. The highest BCUT2D eigenvalue weighted by Crippen LogP contribution is 2.22. The van der Waals surface area contributed by atoms with Crippen molar-refractivity contribution in [2.24, 2.45) is 17.8 Å². The predicted octanol–water partition coefficient (Wildman–Crippen LogP) is 12.1. The lowest BCUT2D eigenvalue weighted by molar-refractivity contribution is -0.118. The van der Waals surface area contributed by atoms with Crippen LogP contribution in [-0.2, 0) is 4.79 Å². The van der Waals surface area contributed by atoms with Gasteiger partial charge in [0.1, 0.15) is 5.78 Å². The lowest BCUT2D eigenvalue weighted by Crippen LogP contribution is -2.00. The Kier molecular flexibility index (Phi) is 22.8. The summed E-state index contributed by atoms with van der Waals surface area (Å²) in [6.07, 6.45) is 28.6. The van der Waals surface area contributed by atoms with E-state index in [1.807, 2.05) is 6.08 Å². The molecule has 2 unspecified atom stereocenters. The van der Waals surface area contributed by atoms with E-state index in [-0.39, 0.29) is 0 Å². The largest absolute Gasteiger partial charge is 0.300 e. The van der Waals surface area contributed by atoms with Crippen molar-refractivity contribution in [2.45, 2.75) is 158 Å². The first-order valence-corrected chi connectivity index (χ1v) is 15.7. The van der Waals surface area contributed by atoms with Crippen molar-refractivity contribution in [3.8, 4) is 0 Å². The Balaban J connectivity index is 3.89. The summed E-state index contributed by atoms with van der Waals surface area (Å²) in [6, 6.07) is 0.